The van der Waals surface area contributed by atoms with Crippen LogP contribution in [0.5, 0.6) is 0 Å². The molecular formula is C13H20S2+2. The largest absolute Gasteiger partial charge is 0.292 e. The van der Waals surface area contributed by atoms with Crippen molar-refractivity contribution in [3.63, 3.8) is 0 Å². The second-order valence-corrected chi connectivity index (χ2v) is 9.17. The molecule has 0 bridgehead atoms. The van der Waals surface area contributed by atoms with E-state index in [1.54, 1.807) is 5.56 Å². The van der Waals surface area contributed by atoms with Crippen molar-refractivity contribution in [1.29, 1.82) is 0 Å². The molecule has 1 fully saturated rings. The zero-order valence-electron chi connectivity index (χ0n) is 9.61. The Kier molecular flexibility index (Phi) is 4.04. The van der Waals surface area contributed by atoms with Crippen LogP contribution in [0.2, 0.25) is 0 Å². The van der Waals surface area contributed by atoms with Gasteiger partial charge < -0.3 is 0 Å². The first-order chi connectivity index (χ1) is 7.36. The number of hydrogen-bond donors (Lipinski definition) is 0. The van der Waals surface area contributed by atoms with Gasteiger partial charge in [0.05, 0.1) is 5.56 Å². The molecule has 82 valence electrons. The van der Waals surface area contributed by atoms with E-state index < -0.39 is 0 Å². The lowest BCUT2D eigenvalue weighted by Gasteiger charge is -2.09. The van der Waals surface area contributed by atoms with Crippen LogP contribution in [-0.4, -0.2) is 23.0 Å². The van der Waals surface area contributed by atoms with Crippen LogP contribution >= 0.6 is 0 Å². The van der Waals surface area contributed by atoms with E-state index in [4.69, 9.17) is 0 Å². The lowest BCUT2D eigenvalue weighted by atomic mass is 10.2. The van der Waals surface area contributed by atoms with Crippen LogP contribution in [0.1, 0.15) is 24.0 Å². The minimum atomic E-state index is 0.659. The standard InChI is InChI=1S/C13H20S2/c1-3-14-10-11-15(4-2)13(14)12-8-6-5-7-9-12/h5-9,13H,3-4,10-11H2,1-2H3/q+2. The Balaban J connectivity index is 2.23. The van der Waals surface area contributed by atoms with Crippen LogP contribution in [-0.2, 0) is 21.8 Å². The third kappa shape index (κ3) is 2.36. The minimum absolute atomic E-state index is 0.659. The summed E-state index contributed by atoms with van der Waals surface area (Å²) in [6.07, 6.45) is 0. The van der Waals surface area contributed by atoms with E-state index in [1.807, 2.05) is 0 Å². The van der Waals surface area contributed by atoms with E-state index in [9.17, 15) is 0 Å². The van der Waals surface area contributed by atoms with Gasteiger partial charge in [0, 0.05) is 21.8 Å². The number of rotatable bonds is 3. The van der Waals surface area contributed by atoms with Crippen LogP contribution in [0.3, 0.4) is 0 Å². The summed E-state index contributed by atoms with van der Waals surface area (Å²) in [5, 5.41) is 0. The molecule has 2 rings (SSSR count). The third-order valence-corrected chi connectivity index (χ3v) is 9.61. The molecule has 1 aliphatic heterocycles. The Morgan fingerprint density at radius 2 is 1.53 bits per heavy atom. The predicted octanol–water partition coefficient (Wildman–Crippen LogP) is 2.98. The van der Waals surface area contributed by atoms with Gasteiger partial charge in [-0.15, -0.1) is 0 Å². The van der Waals surface area contributed by atoms with Gasteiger partial charge in [-0.3, -0.25) is 0 Å². The molecule has 1 saturated heterocycles. The smallest absolute Gasteiger partial charge is 0.0622 e. The summed E-state index contributed by atoms with van der Waals surface area (Å²) in [4.78, 5) is 0. The predicted molar refractivity (Wildman–Crippen MR) is 74.7 cm³/mol. The number of benzene rings is 1. The summed E-state index contributed by atoms with van der Waals surface area (Å²) in [7, 11) is 1.32. The van der Waals surface area contributed by atoms with E-state index in [0.717, 1.165) is 4.58 Å². The molecule has 0 radical (unpaired) electrons. The lowest BCUT2D eigenvalue weighted by Crippen LogP contribution is -2.17. The van der Waals surface area contributed by atoms with Gasteiger partial charge in [0.15, 0.2) is 11.5 Å². The summed E-state index contributed by atoms with van der Waals surface area (Å²) >= 11 is 0. The van der Waals surface area contributed by atoms with Crippen molar-refractivity contribution in [2.75, 3.05) is 23.0 Å². The zero-order valence-corrected chi connectivity index (χ0v) is 11.2. The molecule has 2 unspecified atom stereocenters. The molecule has 0 spiro atoms. The molecule has 0 aliphatic carbocycles. The number of hydrogen-bond acceptors (Lipinski definition) is 0. The van der Waals surface area contributed by atoms with Gasteiger partial charge >= 0.3 is 0 Å². The Morgan fingerprint density at radius 3 is 2.00 bits per heavy atom. The molecule has 2 heteroatoms. The fourth-order valence-corrected chi connectivity index (χ4v) is 9.55. The summed E-state index contributed by atoms with van der Waals surface area (Å²) in [6, 6.07) is 11.2. The Bertz CT molecular complexity index is 285. The fourth-order valence-electron chi connectivity index (χ4n) is 2.21. The summed E-state index contributed by atoms with van der Waals surface area (Å²) in [5.74, 6) is 5.71. The second kappa shape index (κ2) is 5.31. The Labute approximate surface area is 99.2 Å². The summed E-state index contributed by atoms with van der Waals surface area (Å²) < 4.78 is 0.890. The van der Waals surface area contributed by atoms with E-state index >= 15 is 0 Å². The van der Waals surface area contributed by atoms with Gasteiger partial charge in [0.1, 0.15) is 11.5 Å². The van der Waals surface area contributed by atoms with E-state index in [-0.39, 0.29) is 0 Å². The first-order valence-electron chi connectivity index (χ1n) is 5.74. The monoisotopic (exact) mass is 240 g/mol. The van der Waals surface area contributed by atoms with Crippen LogP contribution in [0.15, 0.2) is 30.3 Å². The lowest BCUT2D eigenvalue weighted by molar-refractivity contribution is 1.32. The van der Waals surface area contributed by atoms with Gasteiger partial charge in [-0.05, 0) is 26.0 Å². The van der Waals surface area contributed by atoms with Gasteiger partial charge in [-0.1, -0.05) is 18.2 Å². The molecule has 2 atom stereocenters. The van der Waals surface area contributed by atoms with Gasteiger partial charge in [-0.25, -0.2) is 0 Å². The van der Waals surface area contributed by atoms with Crippen LogP contribution < -0.4 is 0 Å². The molecular weight excluding hydrogens is 220 g/mol. The van der Waals surface area contributed by atoms with E-state index in [2.05, 4.69) is 44.2 Å². The maximum absolute atomic E-state index is 2.36. The minimum Gasteiger partial charge on any atom is -0.0622 e. The highest BCUT2D eigenvalue weighted by molar-refractivity contribution is 8.16. The maximum atomic E-state index is 2.36. The quantitative estimate of drug-likeness (QED) is 0.713. The molecule has 0 aromatic heterocycles. The molecule has 1 aromatic rings. The van der Waals surface area contributed by atoms with Crippen molar-refractivity contribution < 1.29 is 0 Å². The van der Waals surface area contributed by atoms with Crippen molar-refractivity contribution >= 4 is 21.8 Å². The molecule has 1 aliphatic rings. The Hall–Kier alpha value is -0.0800. The molecule has 0 saturated carbocycles. The van der Waals surface area contributed by atoms with Crippen molar-refractivity contribution in [3.8, 4) is 0 Å². The van der Waals surface area contributed by atoms with Crippen LogP contribution in [0.25, 0.3) is 0 Å². The highest BCUT2D eigenvalue weighted by atomic mass is 32.3. The SMILES string of the molecule is CC[S+]1CC[S+](CC)C1c1ccccc1. The highest BCUT2D eigenvalue weighted by Gasteiger charge is 2.51. The average molecular weight is 240 g/mol. The molecule has 1 aromatic carbocycles. The van der Waals surface area contributed by atoms with Crippen molar-refractivity contribution in [2.24, 2.45) is 0 Å². The topological polar surface area (TPSA) is 0 Å². The second-order valence-electron chi connectivity index (χ2n) is 3.80. The molecule has 0 nitrogen and oxygen atoms in total. The van der Waals surface area contributed by atoms with Gasteiger partial charge in [0.25, 0.3) is 4.58 Å². The molecule has 0 N–H and O–H groups in total. The first kappa shape index (κ1) is 11.4. The third-order valence-electron chi connectivity index (χ3n) is 3.03. The molecule has 0 amide bonds. The molecule has 1 heterocycles. The van der Waals surface area contributed by atoms with Crippen molar-refractivity contribution in [3.05, 3.63) is 35.9 Å². The highest BCUT2D eigenvalue weighted by Crippen LogP contribution is 2.38. The van der Waals surface area contributed by atoms with Crippen LogP contribution in [0.4, 0.5) is 0 Å². The maximum Gasteiger partial charge on any atom is 0.292 e. The average Bonchev–Trinajstić information content (AvgIpc) is 2.72. The van der Waals surface area contributed by atoms with Crippen molar-refractivity contribution in [2.45, 2.75) is 18.4 Å². The van der Waals surface area contributed by atoms with Gasteiger partial charge in [-0.2, -0.15) is 0 Å². The van der Waals surface area contributed by atoms with Gasteiger partial charge in [0.2, 0.25) is 0 Å². The van der Waals surface area contributed by atoms with Crippen molar-refractivity contribution in [1.82, 2.24) is 0 Å². The summed E-state index contributed by atoms with van der Waals surface area (Å²) in [5.41, 5.74) is 1.60. The van der Waals surface area contributed by atoms with Crippen LogP contribution in [0, 0.1) is 0 Å². The van der Waals surface area contributed by atoms with E-state index in [1.165, 1.54) is 23.0 Å². The fraction of sp³-hybridized carbons (Fsp3) is 0.538. The Morgan fingerprint density at radius 1 is 1.00 bits per heavy atom. The normalized spacial score (nSPS) is 30.7. The van der Waals surface area contributed by atoms with E-state index in [0.29, 0.717) is 21.8 Å². The zero-order chi connectivity index (χ0) is 10.7. The molecule has 15 heavy (non-hydrogen) atoms. The summed E-state index contributed by atoms with van der Waals surface area (Å²) in [6.45, 7) is 4.73. The first-order valence-corrected chi connectivity index (χ1v) is 8.99.